The number of benzene rings is 2. The zero-order valence-electron chi connectivity index (χ0n) is 9.21. The van der Waals surface area contributed by atoms with Crippen LogP contribution in [-0.4, -0.2) is 4.98 Å². The molecule has 0 fully saturated rings. The highest BCUT2D eigenvalue weighted by molar-refractivity contribution is 7.07. The van der Waals surface area contributed by atoms with Crippen LogP contribution in [0, 0.1) is 0 Å². The van der Waals surface area contributed by atoms with Gasteiger partial charge >= 0.3 is 0 Å². The van der Waals surface area contributed by atoms with Crippen molar-refractivity contribution in [1.82, 2.24) is 4.98 Å². The first-order chi connectivity index (χ1) is 8.45. The maximum absolute atomic E-state index is 3.74. The Morgan fingerprint density at radius 3 is 2.06 bits per heavy atom. The normalized spacial score (nSPS) is 11.3. The number of thiazole rings is 1. The third-order valence-corrected chi connectivity index (χ3v) is 3.28. The van der Waals surface area contributed by atoms with Crippen LogP contribution in [0.3, 0.4) is 0 Å². The minimum absolute atomic E-state index is 1.34. The first kappa shape index (κ1) is 10.2. The molecule has 0 saturated heterocycles. The number of hydrogen-bond acceptors (Lipinski definition) is 2. The van der Waals surface area contributed by atoms with Crippen LogP contribution in [0.1, 0.15) is 11.1 Å². The van der Waals surface area contributed by atoms with E-state index >= 15 is 0 Å². The summed E-state index contributed by atoms with van der Waals surface area (Å²) in [6, 6.07) is 12.9. The van der Waals surface area contributed by atoms with Crippen molar-refractivity contribution in [3.05, 3.63) is 64.6 Å². The zero-order valence-corrected chi connectivity index (χ0v) is 10.0. The van der Waals surface area contributed by atoms with Crippen molar-refractivity contribution >= 4 is 34.3 Å². The molecule has 0 atom stereocenters. The van der Waals surface area contributed by atoms with Crippen molar-refractivity contribution in [2.45, 2.75) is 0 Å². The predicted molar refractivity (Wildman–Crippen MR) is 75.0 cm³/mol. The topological polar surface area (TPSA) is 12.9 Å². The van der Waals surface area contributed by atoms with Crippen LogP contribution < -0.4 is 0 Å². The van der Waals surface area contributed by atoms with Gasteiger partial charge in [-0.25, -0.2) is 0 Å². The van der Waals surface area contributed by atoms with Crippen LogP contribution in [-0.2, 0) is 0 Å². The van der Waals surface area contributed by atoms with Crippen LogP contribution in [0.25, 0.3) is 22.9 Å². The first-order valence-electron chi connectivity index (χ1n) is 5.47. The molecule has 0 radical (unpaired) electrons. The molecule has 1 heterocycles. The summed E-state index contributed by atoms with van der Waals surface area (Å²) >= 11 is 1.60. The van der Waals surface area contributed by atoms with Crippen molar-refractivity contribution in [2.75, 3.05) is 0 Å². The second-order valence-corrected chi connectivity index (χ2v) is 4.56. The summed E-state index contributed by atoms with van der Waals surface area (Å²) in [6.07, 6.45) is 6.12. The maximum atomic E-state index is 3.74. The van der Waals surface area contributed by atoms with Crippen LogP contribution in [0.4, 0.5) is 0 Å². The molecule has 1 aromatic heterocycles. The molecule has 3 aromatic rings. The standard InChI is InChI=1S/C12H8.C3H3NS/c1-3-9-4-2-6-11-8-7-10(5-1)12(9)11;1-2-5-3-4-1/h1-8H;1-3H. The van der Waals surface area contributed by atoms with Crippen molar-refractivity contribution in [1.29, 1.82) is 0 Å². The van der Waals surface area contributed by atoms with Gasteiger partial charge in [0.2, 0.25) is 0 Å². The molecular weight excluding hydrogens is 226 g/mol. The lowest BCUT2D eigenvalue weighted by atomic mass is 10.0. The quantitative estimate of drug-likeness (QED) is 0.440. The average molecular weight is 237 g/mol. The Kier molecular flexibility index (Phi) is 2.72. The number of nitrogens with zero attached hydrogens (tertiary/aromatic N) is 1. The van der Waals surface area contributed by atoms with E-state index in [0.717, 1.165) is 0 Å². The molecule has 4 rings (SSSR count). The Labute approximate surface area is 104 Å². The lowest BCUT2D eigenvalue weighted by molar-refractivity contribution is 1.43. The summed E-state index contributed by atoms with van der Waals surface area (Å²) in [5, 5.41) is 4.68. The van der Waals surface area contributed by atoms with Crippen LogP contribution in [0.15, 0.2) is 53.5 Å². The second kappa shape index (κ2) is 4.52. The van der Waals surface area contributed by atoms with Crippen LogP contribution in [0.5, 0.6) is 0 Å². The fourth-order valence-corrected chi connectivity index (χ4v) is 2.38. The van der Waals surface area contributed by atoms with E-state index in [-0.39, 0.29) is 0 Å². The Morgan fingerprint density at radius 1 is 0.882 bits per heavy atom. The molecule has 17 heavy (non-hydrogen) atoms. The summed E-state index contributed by atoms with van der Waals surface area (Å²) < 4.78 is 0. The van der Waals surface area contributed by atoms with Crippen LogP contribution in [0.2, 0.25) is 0 Å². The molecule has 0 N–H and O–H groups in total. The largest absolute Gasteiger partial charge is 0.253 e. The molecule has 0 saturated carbocycles. The smallest absolute Gasteiger partial charge is 0.0791 e. The van der Waals surface area contributed by atoms with Gasteiger partial charge < -0.3 is 0 Å². The minimum Gasteiger partial charge on any atom is -0.253 e. The third kappa shape index (κ3) is 1.99. The molecule has 0 amide bonds. The van der Waals surface area contributed by atoms with Gasteiger partial charge in [0.1, 0.15) is 0 Å². The van der Waals surface area contributed by atoms with Gasteiger partial charge in [-0.05, 0) is 21.9 Å². The van der Waals surface area contributed by atoms with Crippen molar-refractivity contribution < 1.29 is 0 Å². The van der Waals surface area contributed by atoms with E-state index in [1.807, 2.05) is 5.38 Å². The highest BCUT2D eigenvalue weighted by atomic mass is 32.1. The predicted octanol–water partition coefficient (Wildman–Crippen LogP) is 4.47. The summed E-state index contributed by atoms with van der Waals surface area (Å²) in [7, 11) is 0. The molecule has 0 spiro atoms. The Bertz CT molecular complexity index is 596. The number of aromatic nitrogens is 1. The summed E-state index contributed by atoms with van der Waals surface area (Å²) in [6.45, 7) is 0. The Morgan fingerprint density at radius 2 is 1.59 bits per heavy atom. The molecule has 2 heteroatoms. The first-order valence-corrected chi connectivity index (χ1v) is 6.41. The van der Waals surface area contributed by atoms with Crippen LogP contribution >= 0.6 is 11.3 Å². The van der Waals surface area contributed by atoms with E-state index in [2.05, 4.69) is 53.5 Å². The molecule has 82 valence electrons. The fourth-order valence-electron chi connectivity index (χ4n) is 2.03. The lowest BCUT2D eigenvalue weighted by Gasteiger charge is -1.99. The fraction of sp³-hybridized carbons (Fsp3) is 0. The lowest BCUT2D eigenvalue weighted by Crippen LogP contribution is -1.76. The van der Waals surface area contributed by atoms with E-state index in [4.69, 9.17) is 0 Å². The Hall–Kier alpha value is -1.93. The van der Waals surface area contributed by atoms with Gasteiger partial charge in [0, 0.05) is 11.6 Å². The van der Waals surface area contributed by atoms with Gasteiger partial charge in [-0.1, -0.05) is 48.6 Å². The highest BCUT2D eigenvalue weighted by Crippen LogP contribution is 2.30. The maximum Gasteiger partial charge on any atom is 0.0791 e. The van der Waals surface area contributed by atoms with Gasteiger partial charge in [0.05, 0.1) is 5.51 Å². The van der Waals surface area contributed by atoms with Crippen molar-refractivity contribution in [3.63, 3.8) is 0 Å². The molecule has 0 bridgehead atoms. The number of hydrogen-bond donors (Lipinski definition) is 0. The van der Waals surface area contributed by atoms with E-state index in [9.17, 15) is 0 Å². The van der Waals surface area contributed by atoms with Gasteiger partial charge in [0.25, 0.3) is 0 Å². The SMILES string of the molecule is C1=Cc2cccc3cccc1c23.c1cscn1. The van der Waals surface area contributed by atoms with E-state index < -0.39 is 0 Å². The molecule has 0 aliphatic heterocycles. The zero-order chi connectivity index (χ0) is 11.5. The van der Waals surface area contributed by atoms with Gasteiger partial charge in [-0.2, -0.15) is 0 Å². The molecule has 1 nitrogen and oxygen atoms in total. The number of rotatable bonds is 0. The highest BCUT2D eigenvalue weighted by Gasteiger charge is 2.06. The molecule has 1 aliphatic rings. The summed E-state index contributed by atoms with van der Waals surface area (Å²) in [5.41, 5.74) is 4.49. The minimum atomic E-state index is 1.34. The third-order valence-electron chi connectivity index (χ3n) is 2.76. The van der Waals surface area contributed by atoms with Gasteiger partial charge in [-0.3, -0.25) is 4.98 Å². The van der Waals surface area contributed by atoms with E-state index in [1.54, 1.807) is 23.0 Å². The second-order valence-electron chi connectivity index (χ2n) is 3.80. The van der Waals surface area contributed by atoms with Crippen molar-refractivity contribution in [3.8, 4) is 0 Å². The molecular formula is C15H11NS. The monoisotopic (exact) mass is 237 g/mol. The van der Waals surface area contributed by atoms with Gasteiger partial charge in [0.15, 0.2) is 0 Å². The van der Waals surface area contributed by atoms with Gasteiger partial charge in [-0.15, -0.1) is 11.3 Å². The summed E-state index contributed by atoms with van der Waals surface area (Å²) in [5.74, 6) is 0. The average Bonchev–Trinajstić information content (AvgIpc) is 3.04. The Balaban J connectivity index is 0.000000153. The molecule has 2 aromatic carbocycles. The molecule has 1 aliphatic carbocycles. The summed E-state index contributed by atoms with van der Waals surface area (Å²) in [4.78, 5) is 3.74. The molecule has 0 unspecified atom stereocenters. The van der Waals surface area contributed by atoms with E-state index in [1.165, 1.54) is 21.9 Å². The van der Waals surface area contributed by atoms with E-state index in [0.29, 0.717) is 0 Å². The van der Waals surface area contributed by atoms with Crippen molar-refractivity contribution in [2.24, 2.45) is 0 Å².